The number of hydrogen-bond donors (Lipinski definition) is 2. The topological polar surface area (TPSA) is 95.9 Å². The number of benzene rings is 3. The number of phenolic OH excluding ortho intramolecular Hbond substituents is 1. The number of phenols is 1. The van der Waals surface area contributed by atoms with Crippen molar-refractivity contribution in [2.75, 3.05) is 16.0 Å². The first-order valence-corrected chi connectivity index (χ1v) is 17.0. The van der Waals surface area contributed by atoms with E-state index in [0.717, 1.165) is 37.7 Å². The largest absolute Gasteiger partial charge is 0.506 e. The van der Waals surface area contributed by atoms with Crippen molar-refractivity contribution >= 4 is 27.1 Å². The molecule has 3 aliphatic rings. The van der Waals surface area contributed by atoms with Crippen LogP contribution >= 0.6 is 0 Å². The van der Waals surface area contributed by atoms with E-state index in [2.05, 4.69) is 5.32 Å². The number of carbonyl (C=O) groups excluding carboxylic acids is 1. The first-order chi connectivity index (χ1) is 21.0. The van der Waals surface area contributed by atoms with Crippen molar-refractivity contribution in [1.82, 2.24) is 0 Å². The second-order valence-electron chi connectivity index (χ2n) is 13.1. The molecule has 2 aliphatic heterocycles. The average Bonchev–Trinajstić information content (AvgIpc) is 3.12. The summed E-state index contributed by atoms with van der Waals surface area (Å²) in [6, 6.07) is 17.5. The van der Waals surface area contributed by atoms with E-state index in [9.17, 15) is 18.3 Å². The Morgan fingerprint density at radius 1 is 1.05 bits per heavy atom. The van der Waals surface area contributed by atoms with Gasteiger partial charge in [-0.25, -0.2) is 12.8 Å². The van der Waals surface area contributed by atoms with Crippen molar-refractivity contribution in [3.8, 4) is 11.5 Å². The number of ether oxygens (including phenoxy) is 1. The molecule has 44 heavy (non-hydrogen) atoms. The zero-order valence-electron chi connectivity index (χ0n) is 25.2. The number of sulfone groups is 1. The van der Waals surface area contributed by atoms with Gasteiger partial charge in [0.25, 0.3) is 0 Å². The van der Waals surface area contributed by atoms with Crippen LogP contribution in [0, 0.1) is 17.2 Å². The standard InChI is InChI=1S/C35H39FN2O5S/c1-35(2)20-28-34(44(41,42)22-35)33(26-17-16-25(19-27(26)36)43-21-24-12-7-4-8-13-24)38(29-14-9-15-30(39)32(29)37-28)31(40)18-23-10-5-3-6-11-23/h4,7-9,12-17,19,23,33,37,39H,3,5-6,10-11,18,20-22H2,1-2H3. The fourth-order valence-electron chi connectivity index (χ4n) is 6.96. The fourth-order valence-corrected chi connectivity index (χ4v) is 9.31. The number of carbonyl (C=O) groups is 1. The number of anilines is 2. The molecule has 1 unspecified atom stereocenters. The Labute approximate surface area is 258 Å². The maximum absolute atomic E-state index is 16.3. The van der Waals surface area contributed by atoms with Crippen LogP contribution in [0.25, 0.3) is 0 Å². The van der Waals surface area contributed by atoms with Gasteiger partial charge >= 0.3 is 0 Å². The molecule has 2 heterocycles. The van der Waals surface area contributed by atoms with Gasteiger partial charge in [-0.2, -0.15) is 0 Å². The Hall–Kier alpha value is -3.85. The molecule has 1 amide bonds. The summed E-state index contributed by atoms with van der Waals surface area (Å²) in [7, 11) is -3.97. The molecule has 2 N–H and O–H groups in total. The summed E-state index contributed by atoms with van der Waals surface area (Å²) in [4.78, 5) is 15.8. The zero-order valence-corrected chi connectivity index (χ0v) is 26.0. The highest BCUT2D eigenvalue weighted by Gasteiger charge is 2.48. The summed E-state index contributed by atoms with van der Waals surface area (Å²) < 4.78 is 50.5. The van der Waals surface area contributed by atoms with Crippen LogP contribution in [-0.2, 0) is 21.2 Å². The van der Waals surface area contributed by atoms with Crippen LogP contribution in [0.2, 0.25) is 0 Å². The fraction of sp³-hybridized carbons (Fsp3) is 0.400. The van der Waals surface area contributed by atoms with E-state index < -0.39 is 27.1 Å². The summed E-state index contributed by atoms with van der Waals surface area (Å²) in [6.45, 7) is 3.98. The van der Waals surface area contributed by atoms with Gasteiger partial charge in [-0.15, -0.1) is 0 Å². The molecule has 6 rings (SSSR count). The molecule has 9 heteroatoms. The third-order valence-corrected chi connectivity index (χ3v) is 11.2. The van der Waals surface area contributed by atoms with E-state index in [1.54, 1.807) is 18.2 Å². The number of aromatic hydroxyl groups is 1. The van der Waals surface area contributed by atoms with Crippen LogP contribution in [0.4, 0.5) is 15.8 Å². The van der Waals surface area contributed by atoms with Gasteiger partial charge in [0.05, 0.1) is 16.3 Å². The first-order valence-electron chi connectivity index (χ1n) is 15.4. The highest BCUT2D eigenvalue weighted by atomic mass is 32.2. The smallest absolute Gasteiger partial charge is 0.228 e. The molecule has 1 atom stereocenters. The number of halogens is 1. The number of amides is 1. The quantitative estimate of drug-likeness (QED) is 0.276. The molecule has 232 valence electrons. The second-order valence-corrected chi connectivity index (χ2v) is 15.0. The van der Waals surface area contributed by atoms with Gasteiger partial charge in [0.2, 0.25) is 5.91 Å². The Bertz CT molecular complexity index is 1700. The number of nitrogens with one attached hydrogen (secondary N) is 1. The second kappa shape index (κ2) is 11.9. The number of hydrogen-bond acceptors (Lipinski definition) is 6. The Morgan fingerprint density at radius 3 is 2.52 bits per heavy atom. The molecule has 0 saturated heterocycles. The van der Waals surface area contributed by atoms with Crippen molar-refractivity contribution in [2.24, 2.45) is 11.3 Å². The lowest BCUT2D eigenvalue weighted by Gasteiger charge is -2.38. The average molecular weight is 619 g/mol. The molecule has 7 nitrogen and oxygen atoms in total. The predicted octanol–water partition coefficient (Wildman–Crippen LogP) is 7.64. The number of rotatable bonds is 6. The van der Waals surface area contributed by atoms with E-state index in [1.807, 2.05) is 44.2 Å². The molecular weight excluding hydrogens is 579 g/mol. The Morgan fingerprint density at radius 2 is 1.80 bits per heavy atom. The van der Waals surface area contributed by atoms with E-state index in [-0.39, 0.29) is 52.5 Å². The SMILES string of the molecule is CC1(C)CC2=C(C(c3ccc(OCc4ccccc4)cc3F)N(C(=O)CC3CCCCC3)c3cccc(O)c3N2)S(=O)(=O)C1. The van der Waals surface area contributed by atoms with E-state index in [0.29, 0.717) is 23.6 Å². The van der Waals surface area contributed by atoms with Crippen molar-refractivity contribution in [1.29, 1.82) is 0 Å². The maximum atomic E-state index is 16.3. The molecule has 3 aromatic rings. The van der Waals surface area contributed by atoms with Crippen LogP contribution in [0.1, 0.15) is 76.0 Å². The molecule has 3 aromatic carbocycles. The van der Waals surface area contributed by atoms with Crippen LogP contribution < -0.4 is 15.0 Å². The minimum atomic E-state index is -3.97. The lowest BCUT2D eigenvalue weighted by molar-refractivity contribution is -0.120. The lowest BCUT2D eigenvalue weighted by Crippen LogP contribution is -2.42. The van der Waals surface area contributed by atoms with E-state index >= 15 is 4.39 Å². The summed E-state index contributed by atoms with van der Waals surface area (Å²) in [6.07, 6.45) is 5.59. The number of allylic oxidation sites excluding steroid dienone is 1. The van der Waals surface area contributed by atoms with Crippen molar-refractivity contribution in [3.05, 3.63) is 94.3 Å². The van der Waals surface area contributed by atoms with Crippen molar-refractivity contribution in [2.45, 2.75) is 71.4 Å². The Balaban J connectivity index is 1.49. The molecule has 1 saturated carbocycles. The van der Waals surface area contributed by atoms with Crippen molar-refractivity contribution in [3.63, 3.8) is 0 Å². The minimum absolute atomic E-state index is 0.0266. The summed E-state index contributed by atoms with van der Waals surface area (Å²) in [5.74, 6) is -0.787. The summed E-state index contributed by atoms with van der Waals surface area (Å²) in [5.41, 5.74) is 1.30. The highest BCUT2D eigenvalue weighted by Crippen LogP contribution is 2.52. The summed E-state index contributed by atoms with van der Waals surface area (Å²) >= 11 is 0. The number of para-hydroxylation sites is 1. The zero-order chi connectivity index (χ0) is 31.1. The molecule has 0 aromatic heterocycles. The Kier molecular flexibility index (Phi) is 8.18. The third kappa shape index (κ3) is 6.07. The molecule has 0 bridgehead atoms. The maximum Gasteiger partial charge on any atom is 0.228 e. The number of fused-ring (bicyclic) bond motifs is 1. The molecule has 1 fully saturated rings. The molecule has 1 aliphatic carbocycles. The molecular formula is C35H39FN2O5S. The minimum Gasteiger partial charge on any atom is -0.506 e. The van der Waals surface area contributed by atoms with Gasteiger partial charge < -0.3 is 15.2 Å². The van der Waals surface area contributed by atoms with Gasteiger partial charge in [-0.05, 0) is 60.4 Å². The lowest BCUT2D eigenvalue weighted by atomic mass is 9.86. The van der Waals surface area contributed by atoms with Crippen LogP contribution in [0.15, 0.2) is 77.3 Å². The number of nitrogens with zero attached hydrogens (tertiary/aromatic N) is 1. The predicted molar refractivity (Wildman–Crippen MR) is 170 cm³/mol. The van der Waals surface area contributed by atoms with Gasteiger partial charge in [0, 0.05) is 23.7 Å². The molecule has 0 spiro atoms. The monoisotopic (exact) mass is 618 g/mol. The van der Waals surface area contributed by atoms with E-state index in [4.69, 9.17) is 4.74 Å². The third-order valence-electron chi connectivity index (χ3n) is 8.90. The first kappa shape index (κ1) is 30.2. The van der Waals surface area contributed by atoms with Crippen LogP contribution in [0.5, 0.6) is 11.5 Å². The summed E-state index contributed by atoms with van der Waals surface area (Å²) in [5, 5.41) is 14.2. The van der Waals surface area contributed by atoms with Gasteiger partial charge in [0.15, 0.2) is 9.84 Å². The van der Waals surface area contributed by atoms with Crippen molar-refractivity contribution < 1.29 is 27.4 Å². The highest BCUT2D eigenvalue weighted by molar-refractivity contribution is 7.95. The van der Waals surface area contributed by atoms with Gasteiger partial charge in [-0.1, -0.05) is 69.5 Å². The molecule has 0 radical (unpaired) electrons. The van der Waals surface area contributed by atoms with Crippen LogP contribution in [-0.4, -0.2) is 25.2 Å². The van der Waals surface area contributed by atoms with Gasteiger partial charge in [-0.3, -0.25) is 9.69 Å². The normalized spacial score (nSPS) is 21.1. The van der Waals surface area contributed by atoms with Crippen LogP contribution in [0.3, 0.4) is 0 Å². The van der Waals surface area contributed by atoms with E-state index in [1.165, 1.54) is 23.1 Å². The van der Waals surface area contributed by atoms with Gasteiger partial charge in [0.1, 0.15) is 35.7 Å².